The molecule has 12 nitrogen and oxygen atoms in total. The summed E-state index contributed by atoms with van der Waals surface area (Å²) in [5.41, 5.74) is 0. The Morgan fingerprint density at radius 2 is 0.485 bits per heavy atom. The molecule has 0 atom stereocenters. The van der Waals surface area contributed by atoms with Crippen molar-refractivity contribution in [2.45, 2.75) is 39.5 Å². The van der Waals surface area contributed by atoms with E-state index in [-0.39, 0.29) is 0 Å². The summed E-state index contributed by atoms with van der Waals surface area (Å²) in [5.74, 6) is 0. The normalized spacial score (nSPS) is 11.4. The van der Waals surface area contributed by atoms with E-state index in [1.807, 2.05) is 56.4 Å². The molecule has 22 heteroatoms. The Balaban J connectivity index is 0.000000470. The molecule has 0 unspecified atom stereocenters. The molecule has 66 heavy (non-hydrogen) atoms. The summed E-state index contributed by atoms with van der Waals surface area (Å²) in [6.07, 6.45) is 7.45. The maximum atomic E-state index is 9.16. The van der Waals surface area contributed by atoms with Gasteiger partial charge in [0.05, 0.1) is 12.3 Å². The van der Waals surface area contributed by atoms with Gasteiger partial charge in [0.2, 0.25) is 0 Å². The maximum absolute atomic E-state index is 9.16. The van der Waals surface area contributed by atoms with Crippen LogP contribution >= 0.6 is 71.0 Å². The van der Waals surface area contributed by atoms with Gasteiger partial charge in [-0.2, -0.15) is 0 Å². The van der Waals surface area contributed by atoms with Crippen molar-refractivity contribution in [3.63, 3.8) is 0 Å². The topological polar surface area (TPSA) is 223 Å². The number of halogens is 4. The number of benzene rings is 6. The average molecular weight is 1370 g/mol. The van der Waals surface area contributed by atoms with Crippen LogP contribution in [0.2, 0.25) is 0 Å². The third-order valence-corrected chi connectivity index (χ3v) is 17.9. The predicted molar refractivity (Wildman–Crippen MR) is 255 cm³/mol. The van der Waals surface area contributed by atoms with Crippen LogP contribution in [-0.4, -0.2) is 20.7 Å². The molecule has 0 aromatic heterocycles. The zero-order chi connectivity index (χ0) is 49.9. The molecule has 0 heterocycles. The summed E-state index contributed by atoms with van der Waals surface area (Å²) in [5, 5.41) is 8.95. The third kappa shape index (κ3) is 27.6. The van der Waals surface area contributed by atoms with Gasteiger partial charge < -0.3 is 0 Å². The fourth-order valence-corrected chi connectivity index (χ4v) is 15.6. The molecule has 6 rings (SSSR count). The second kappa shape index (κ2) is 31.6. The second-order valence-corrected chi connectivity index (χ2v) is 37.5. The van der Waals surface area contributed by atoms with E-state index < -0.39 is 59.4 Å². The van der Waals surface area contributed by atoms with E-state index >= 15 is 0 Å². The average Bonchev–Trinajstić information content (AvgIpc) is 3.24. The van der Waals surface area contributed by atoms with Gasteiger partial charge in [-0.25, -0.2) is 0 Å². The van der Waals surface area contributed by atoms with E-state index in [1.54, 1.807) is 0 Å². The van der Waals surface area contributed by atoms with Gasteiger partial charge in [-0.3, -0.25) is 0 Å². The van der Waals surface area contributed by atoms with Crippen LogP contribution in [0.4, 0.5) is 0 Å². The summed E-state index contributed by atoms with van der Waals surface area (Å²) in [6.45, 7) is 4.57. The van der Waals surface area contributed by atoms with E-state index in [4.69, 9.17) is 47.4 Å². The molecule has 364 valence electrons. The van der Waals surface area contributed by atoms with E-state index in [9.17, 15) is 0 Å². The molecule has 6 aromatic carbocycles. The van der Waals surface area contributed by atoms with Crippen LogP contribution in [0.5, 0.6) is 0 Å². The van der Waals surface area contributed by atoms with Crippen molar-refractivity contribution in [2.24, 2.45) is 0 Å². The van der Waals surface area contributed by atoms with Crippen LogP contribution in [0.3, 0.4) is 0 Å². The predicted octanol–water partition coefficient (Wildman–Crippen LogP) is 8.49. The minimum atomic E-state index is -4.56. The van der Waals surface area contributed by atoms with Crippen molar-refractivity contribution >= 4 is 103 Å². The number of hydrogen-bond acceptors (Lipinski definition) is 10. The first-order valence-corrected chi connectivity index (χ1v) is 40.8. The summed E-state index contributed by atoms with van der Waals surface area (Å²) >= 11 is -10.1. The van der Waals surface area contributed by atoms with Crippen LogP contribution in [0.1, 0.15) is 39.5 Å². The second-order valence-electron chi connectivity index (χ2n) is 13.3. The zero-order valence-electron chi connectivity index (χ0n) is 35.5. The Morgan fingerprint density at radius 3 is 0.591 bits per heavy atom. The van der Waals surface area contributed by atoms with Gasteiger partial charge in [0, 0.05) is 0 Å². The van der Waals surface area contributed by atoms with E-state index in [2.05, 4.69) is 196 Å². The summed E-state index contributed by atoms with van der Waals surface area (Å²) in [4.78, 5) is 0. The van der Waals surface area contributed by atoms with Gasteiger partial charge in [-0.15, -0.1) is 0 Å². The van der Waals surface area contributed by atoms with Gasteiger partial charge in [0.1, 0.15) is 46.4 Å². The Morgan fingerprint density at radius 1 is 0.364 bits per heavy atom. The molecule has 0 spiro atoms. The Kier molecular flexibility index (Phi) is 29.9. The van der Waals surface area contributed by atoms with Gasteiger partial charge in [-0.1, -0.05) is 136 Å². The van der Waals surface area contributed by atoms with E-state index in [0.717, 1.165) is 0 Å². The van der Waals surface area contributed by atoms with Crippen LogP contribution in [0.25, 0.3) is 0 Å². The van der Waals surface area contributed by atoms with Crippen LogP contribution in [0, 0.1) is 0 Å². The summed E-state index contributed by atoms with van der Waals surface area (Å²) in [7, 11) is -3.14. The molecular weight excluding hydrogens is 1320 g/mol. The summed E-state index contributed by atoms with van der Waals surface area (Å²) in [6, 6.07) is 66.8. The summed E-state index contributed by atoms with van der Waals surface area (Å²) < 4.78 is 106. The standard InChI is InChI=1S/2C22H24P.4BrH.4Mn.2H2O.10O/c2*1-2-3-19-23(20-13-7-4-8-14-20,21-15-9-5-10-16-21)22-17-11-6-12-18-22;;;;;;;;;;;;;;;;;;;;/h2*4-18H,2-3,19H2,1H3;4*1H;;;;;2*1H2;;;;;;;;;;/q2*+1;;;;;2*+1;2*+2;;;;;;;;;;;2*-1/p-6. The van der Waals surface area contributed by atoms with Gasteiger partial charge >= 0.3 is 149 Å². The molecule has 0 fully saturated rings. The molecule has 0 aliphatic rings. The van der Waals surface area contributed by atoms with Crippen LogP contribution in [-0.2, 0) is 75.6 Å². The fourth-order valence-electron chi connectivity index (χ4n) is 6.55. The van der Waals surface area contributed by atoms with E-state index in [0.29, 0.717) is 0 Å². The van der Waals surface area contributed by atoms with Crippen molar-refractivity contribution in [3.05, 3.63) is 182 Å². The molecule has 0 bridgehead atoms. The zero-order valence-corrected chi connectivity index (χ0v) is 48.3. The fraction of sp³-hybridized carbons (Fsp3) is 0.182. The van der Waals surface area contributed by atoms with Crippen molar-refractivity contribution in [3.8, 4) is 0 Å². The van der Waals surface area contributed by atoms with E-state index in [1.165, 1.54) is 69.8 Å². The Bertz CT molecular complexity index is 2230. The number of hydrogen-bond donors (Lipinski definition) is 2. The van der Waals surface area contributed by atoms with Gasteiger partial charge in [-0.05, 0) is 85.6 Å². The number of rotatable bonds is 12. The SMILES string of the molecule is CCCC[P+](c1ccccc1)(c1ccccc1)c1ccccc1.CCCC[P+](c1ccccc1)(c1ccccc1)c1ccccc1.[O]=[Mn](=[O])([O-])[Br].[O]=[Mn](=[O])([O-])[Br].[O]=[Mn](=[O])([OH])[Br].[O]=[Mn](=[O])([OH])[Br]. The Labute approximate surface area is 424 Å². The van der Waals surface area contributed by atoms with Crippen molar-refractivity contribution in [1.82, 2.24) is 0 Å². The quantitative estimate of drug-likeness (QED) is 0.0870. The monoisotopic (exact) mass is 1370 g/mol. The molecule has 0 aliphatic heterocycles. The molecule has 0 aliphatic carbocycles. The molecule has 0 radical (unpaired) electrons. The minimum absolute atomic E-state index is 1.23. The molecule has 6 aromatic rings. The van der Waals surface area contributed by atoms with Crippen molar-refractivity contribution in [1.29, 1.82) is 0 Å². The van der Waals surface area contributed by atoms with Gasteiger partial charge in [0.25, 0.3) is 0 Å². The molecule has 0 saturated heterocycles. The first kappa shape index (κ1) is 62.4. The van der Waals surface area contributed by atoms with Gasteiger partial charge in [0.15, 0.2) is 0 Å². The van der Waals surface area contributed by atoms with Crippen molar-refractivity contribution in [2.75, 3.05) is 12.3 Å². The number of unbranched alkanes of at least 4 members (excludes halogenated alkanes) is 2. The van der Waals surface area contributed by atoms with Crippen LogP contribution in [0.15, 0.2) is 182 Å². The Hall–Kier alpha value is -1.58. The third-order valence-electron chi connectivity index (χ3n) is 8.88. The van der Waals surface area contributed by atoms with Crippen LogP contribution < -0.4 is 40.2 Å². The molecular formula is C44H50Br4Mn4O12P2. The first-order valence-electron chi connectivity index (χ1n) is 19.3. The molecule has 0 saturated carbocycles. The molecule has 2 N–H and O–H groups in total. The first-order chi connectivity index (χ1) is 30.8. The molecule has 0 amide bonds. The van der Waals surface area contributed by atoms with Crippen molar-refractivity contribution < 1.29 is 92.4 Å².